The van der Waals surface area contributed by atoms with Crippen LogP contribution < -0.4 is 10.2 Å². The molecule has 0 aromatic carbocycles. The van der Waals surface area contributed by atoms with Crippen LogP contribution in [-0.2, 0) is 0 Å². The zero-order valence-corrected chi connectivity index (χ0v) is 15.0. The first-order chi connectivity index (χ1) is 12.8. The van der Waals surface area contributed by atoms with Gasteiger partial charge < -0.3 is 15.2 Å². The normalized spacial score (nSPS) is 23.6. The Hall–Kier alpha value is -2.40. The summed E-state index contributed by atoms with van der Waals surface area (Å²) in [6.45, 7) is 3.34. The van der Waals surface area contributed by atoms with Crippen LogP contribution in [0, 0.1) is 0 Å². The number of rotatable bonds is 2. The second-order valence-electron chi connectivity index (χ2n) is 7.66. The number of H-pyrrole nitrogens is 1. The Labute approximate surface area is 153 Å². The molecule has 1 spiro atoms. The Kier molecular flexibility index (Phi) is 3.89. The molecule has 1 atom stereocenters. The van der Waals surface area contributed by atoms with Crippen molar-refractivity contribution < 1.29 is 0 Å². The monoisotopic (exact) mass is 347 g/mol. The average molecular weight is 347 g/mol. The molecule has 5 nitrogen and oxygen atoms in total. The molecule has 5 rings (SSSR count). The summed E-state index contributed by atoms with van der Waals surface area (Å²) in [5.41, 5.74) is 4.64. The molecule has 0 aliphatic carbocycles. The van der Waals surface area contributed by atoms with Gasteiger partial charge in [-0.05, 0) is 50.4 Å². The van der Waals surface area contributed by atoms with Gasteiger partial charge in [-0.15, -0.1) is 0 Å². The van der Waals surface area contributed by atoms with Gasteiger partial charge in [-0.2, -0.15) is 0 Å². The fourth-order valence-electron chi connectivity index (χ4n) is 4.74. The summed E-state index contributed by atoms with van der Waals surface area (Å²) in [5.74, 6) is 0. The van der Waals surface area contributed by atoms with E-state index in [4.69, 9.17) is 0 Å². The molecule has 0 saturated carbocycles. The lowest BCUT2D eigenvalue weighted by atomic mass is 9.81. The Morgan fingerprint density at radius 1 is 1.00 bits per heavy atom. The molecular formula is C21H25N5. The van der Waals surface area contributed by atoms with Gasteiger partial charge >= 0.3 is 0 Å². The Balaban J connectivity index is 1.57. The summed E-state index contributed by atoms with van der Waals surface area (Å²) in [6, 6.07) is 8.24. The minimum absolute atomic E-state index is 0.285. The standard InChI is InChI=1S/C21H25N5/c1-3-10-22-17(6-1)16-14-24-20-19(16)18(7-12-23-20)26-13-5-9-21(15-26)8-2-4-11-25-21/h1,3,6-7,10,12,14,25H,2,4-5,8-9,11,13,15H2,(H,23,24)/t21-/m0/s1. The van der Waals surface area contributed by atoms with Gasteiger partial charge in [-0.3, -0.25) is 4.98 Å². The van der Waals surface area contributed by atoms with Crippen molar-refractivity contribution >= 4 is 16.7 Å². The Morgan fingerprint density at radius 2 is 1.96 bits per heavy atom. The third-order valence-corrected chi connectivity index (χ3v) is 5.99. The van der Waals surface area contributed by atoms with E-state index < -0.39 is 0 Å². The van der Waals surface area contributed by atoms with Crippen molar-refractivity contribution in [1.82, 2.24) is 20.3 Å². The molecule has 5 heterocycles. The predicted octanol–water partition coefficient (Wildman–Crippen LogP) is 3.74. The Bertz CT molecular complexity index is 890. The van der Waals surface area contributed by atoms with E-state index in [1.807, 2.05) is 30.7 Å². The first-order valence-corrected chi connectivity index (χ1v) is 9.72. The molecule has 3 aromatic heterocycles. The summed E-state index contributed by atoms with van der Waals surface area (Å²) in [5, 5.41) is 5.04. The number of nitrogens with zero attached hydrogens (tertiary/aromatic N) is 3. The van der Waals surface area contributed by atoms with E-state index in [1.165, 1.54) is 43.2 Å². The van der Waals surface area contributed by atoms with Crippen molar-refractivity contribution in [2.45, 2.75) is 37.6 Å². The lowest BCUT2D eigenvalue weighted by molar-refractivity contribution is 0.216. The van der Waals surface area contributed by atoms with Crippen LogP contribution in [0.15, 0.2) is 42.9 Å². The van der Waals surface area contributed by atoms with Gasteiger partial charge in [0.1, 0.15) is 5.65 Å². The van der Waals surface area contributed by atoms with Crippen LogP contribution in [0.2, 0.25) is 0 Å². The maximum Gasteiger partial charge on any atom is 0.140 e. The lowest BCUT2D eigenvalue weighted by Gasteiger charge is -2.47. The van der Waals surface area contributed by atoms with Crippen LogP contribution in [0.4, 0.5) is 5.69 Å². The van der Waals surface area contributed by atoms with Crippen LogP contribution in [0.5, 0.6) is 0 Å². The van der Waals surface area contributed by atoms with Gasteiger partial charge in [0.25, 0.3) is 0 Å². The fourth-order valence-corrected chi connectivity index (χ4v) is 4.74. The second-order valence-corrected chi connectivity index (χ2v) is 7.66. The molecular weight excluding hydrogens is 322 g/mol. The number of hydrogen-bond acceptors (Lipinski definition) is 4. The van der Waals surface area contributed by atoms with Crippen LogP contribution in [0.3, 0.4) is 0 Å². The summed E-state index contributed by atoms with van der Waals surface area (Å²) in [7, 11) is 0. The maximum absolute atomic E-state index is 4.56. The summed E-state index contributed by atoms with van der Waals surface area (Å²) < 4.78 is 0. The largest absolute Gasteiger partial charge is 0.369 e. The number of aromatic amines is 1. The highest BCUT2D eigenvalue weighted by atomic mass is 15.2. The van der Waals surface area contributed by atoms with Crippen molar-refractivity contribution in [3.8, 4) is 11.3 Å². The molecule has 2 saturated heterocycles. The van der Waals surface area contributed by atoms with Crippen LogP contribution in [0.25, 0.3) is 22.3 Å². The number of nitrogens with one attached hydrogen (secondary N) is 2. The number of piperidine rings is 2. The third kappa shape index (κ3) is 2.67. The SMILES string of the molecule is c1ccc(-c2c[nH]c3nccc(N4CCC[C@@]5(CCCCN5)C4)c23)nc1. The minimum Gasteiger partial charge on any atom is -0.369 e. The Morgan fingerprint density at radius 3 is 2.81 bits per heavy atom. The number of aromatic nitrogens is 3. The van der Waals surface area contributed by atoms with Gasteiger partial charge in [-0.1, -0.05) is 12.5 Å². The number of hydrogen-bond donors (Lipinski definition) is 2. The topological polar surface area (TPSA) is 56.8 Å². The van der Waals surface area contributed by atoms with E-state index in [-0.39, 0.29) is 5.54 Å². The zero-order chi connectivity index (χ0) is 17.4. The summed E-state index contributed by atoms with van der Waals surface area (Å²) >= 11 is 0. The van der Waals surface area contributed by atoms with E-state index in [9.17, 15) is 0 Å². The molecule has 2 aliphatic heterocycles. The molecule has 5 heteroatoms. The number of anilines is 1. The van der Waals surface area contributed by atoms with Crippen LogP contribution in [-0.4, -0.2) is 40.1 Å². The molecule has 0 unspecified atom stereocenters. The van der Waals surface area contributed by atoms with Gasteiger partial charge in [0.05, 0.1) is 16.8 Å². The molecule has 0 radical (unpaired) electrons. The highest BCUT2D eigenvalue weighted by Crippen LogP contribution is 2.38. The van der Waals surface area contributed by atoms with E-state index in [0.717, 1.165) is 36.5 Å². The van der Waals surface area contributed by atoms with Crippen molar-refractivity contribution in [1.29, 1.82) is 0 Å². The fraction of sp³-hybridized carbons (Fsp3) is 0.429. The average Bonchev–Trinajstić information content (AvgIpc) is 3.14. The highest BCUT2D eigenvalue weighted by Gasteiger charge is 2.36. The highest BCUT2D eigenvalue weighted by molar-refractivity contribution is 6.01. The van der Waals surface area contributed by atoms with Crippen molar-refractivity contribution in [3.05, 3.63) is 42.9 Å². The molecule has 2 aliphatic rings. The molecule has 0 bridgehead atoms. The predicted molar refractivity (Wildman–Crippen MR) is 105 cm³/mol. The first kappa shape index (κ1) is 15.8. The van der Waals surface area contributed by atoms with Crippen molar-refractivity contribution in [2.75, 3.05) is 24.5 Å². The molecule has 134 valence electrons. The van der Waals surface area contributed by atoms with Crippen LogP contribution in [0.1, 0.15) is 32.1 Å². The van der Waals surface area contributed by atoms with E-state index in [2.05, 4.69) is 37.3 Å². The van der Waals surface area contributed by atoms with Crippen molar-refractivity contribution in [3.63, 3.8) is 0 Å². The van der Waals surface area contributed by atoms with Crippen molar-refractivity contribution in [2.24, 2.45) is 0 Å². The van der Waals surface area contributed by atoms with E-state index >= 15 is 0 Å². The van der Waals surface area contributed by atoms with Gasteiger partial charge in [0.2, 0.25) is 0 Å². The lowest BCUT2D eigenvalue weighted by Crippen LogP contribution is -2.59. The van der Waals surface area contributed by atoms with Gasteiger partial charge in [-0.25, -0.2) is 4.98 Å². The third-order valence-electron chi connectivity index (χ3n) is 5.99. The zero-order valence-electron chi connectivity index (χ0n) is 15.0. The second kappa shape index (κ2) is 6.40. The molecule has 2 fully saturated rings. The molecule has 26 heavy (non-hydrogen) atoms. The molecule has 0 amide bonds. The van der Waals surface area contributed by atoms with E-state index in [1.54, 1.807) is 0 Å². The molecule has 2 N–H and O–H groups in total. The number of pyridine rings is 2. The smallest absolute Gasteiger partial charge is 0.140 e. The van der Waals surface area contributed by atoms with Crippen LogP contribution >= 0.6 is 0 Å². The van der Waals surface area contributed by atoms with E-state index in [0.29, 0.717) is 0 Å². The summed E-state index contributed by atoms with van der Waals surface area (Å²) in [6.07, 6.45) is 12.3. The quantitative estimate of drug-likeness (QED) is 0.741. The molecule has 3 aromatic rings. The minimum atomic E-state index is 0.285. The summed E-state index contributed by atoms with van der Waals surface area (Å²) in [4.78, 5) is 15.0. The first-order valence-electron chi connectivity index (χ1n) is 9.72. The number of fused-ring (bicyclic) bond motifs is 1. The van der Waals surface area contributed by atoms with Gasteiger partial charge in [0.15, 0.2) is 0 Å². The maximum atomic E-state index is 4.56. The van der Waals surface area contributed by atoms with Gasteiger partial charge in [0, 0.05) is 42.8 Å².